The number of carbonyl (C=O) groups excluding carboxylic acids is 1. The van der Waals surface area contributed by atoms with Gasteiger partial charge in [0.25, 0.3) is 5.92 Å². The third-order valence-electron chi connectivity index (χ3n) is 7.13. The van der Waals surface area contributed by atoms with Gasteiger partial charge in [-0.2, -0.15) is 0 Å². The number of H-pyrrole nitrogens is 1. The van der Waals surface area contributed by atoms with E-state index in [1.54, 1.807) is 0 Å². The van der Waals surface area contributed by atoms with Crippen molar-refractivity contribution in [3.63, 3.8) is 0 Å². The minimum Gasteiger partial charge on any atom is -0.392 e. The molecule has 1 heterocycles. The van der Waals surface area contributed by atoms with Gasteiger partial charge in [-0.25, -0.2) is 13.9 Å². The molecule has 0 bridgehead atoms. The molecule has 7 nitrogen and oxygen atoms in total. The van der Waals surface area contributed by atoms with E-state index in [1.165, 1.54) is 18.2 Å². The summed E-state index contributed by atoms with van der Waals surface area (Å²) in [6, 6.07) is 7.75. The number of halogens is 2. The number of hydrogen-bond acceptors (Lipinski definition) is 6. The van der Waals surface area contributed by atoms with Gasteiger partial charge in [-0.3, -0.25) is 4.79 Å². The number of aryl methyl sites for hydroxylation is 2. The number of aromatic nitrogens is 4. The molecule has 2 aliphatic carbocycles. The smallest absolute Gasteiger partial charge is 0.280 e. The van der Waals surface area contributed by atoms with Crippen molar-refractivity contribution < 1.29 is 23.8 Å². The molecule has 0 aliphatic heterocycles. The molecule has 2 aliphatic rings. The molecule has 3 N–H and O–H groups in total. The molecule has 0 spiro atoms. The third-order valence-corrected chi connectivity index (χ3v) is 7.13. The van der Waals surface area contributed by atoms with E-state index in [2.05, 4.69) is 20.6 Å². The van der Waals surface area contributed by atoms with E-state index in [-0.39, 0.29) is 12.3 Å². The summed E-state index contributed by atoms with van der Waals surface area (Å²) in [5.74, 6) is -6.74. The van der Waals surface area contributed by atoms with Crippen molar-refractivity contribution in [2.24, 2.45) is 17.8 Å². The number of nitrogens with one attached hydrogen (secondary N) is 1. The average molecular weight is 473 g/mol. The lowest BCUT2D eigenvalue weighted by Gasteiger charge is -2.25. The highest BCUT2D eigenvalue weighted by Crippen LogP contribution is 2.56. The van der Waals surface area contributed by atoms with Crippen LogP contribution in [0.4, 0.5) is 8.78 Å². The number of carbonyl (C=O) groups is 1. The maximum Gasteiger partial charge on any atom is 0.280 e. The first kappa shape index (κ1) is 24.3. The number of aliphatic hydroxyl groups excluding tert-OH is 2. The molecule has 2 aromatic rings. The number of ketones is 1. The van der Waals surface area contributed by atoms with Crippen LogP contribution < -0.4 is 0 Å². The van der Waals surface area contributed by atoms with Crippen LogP contribution in [0.3, 0.4) is 0 Å². The van der Waals surface area contributed by atoms with Crippen LogP contribution in [0.1, 0.15) is 49.1 Å². The van der Waals surface area contributed by atoms with Gasteiger partial charge in [-0.05, 0) is 42.2 Å². The van der Waals surface area contributed by atoms with Gasteiger partial charge in [0.2, 0.25) is 0 Å². The number of hydrogen-bond donors (Lipinski definition) is 3. The van der Waals surface area contributed by atoms with E-state index in [1.807, 2.05) is 38.1 Å². The molecule has 1 aromatic heterocycles. The van der Waals surface area contributed by atoms with Crippen LogP contribution in [0, 0.1) is 24.7 Å². The summed E-state index contributed by atoms with van der Waals surface area (Å²) in [5.41, 5.74) is 1.54. The van der Waals surface area contributed by atoms with Crippen LogP contribution in [0.2, 0.25) is 0 Å². The highest BCUT2D eigenvalue weighted by molar-refractivity contribution is 6.02. The lowest BCUT2D eigenvalue weighted by Crippen LogP contribution is -2.32. The summed E-state index contributed by atoms with van der Waals surface area (Å²) in [6.45, 7) is 3.82. The summed E-state index contributed by atoms with van der Waals surface area (Å²) in [6.07, 6.45) is 3.64. The summed E-state index contributed by atoms with van der Waals surface area (Å²) < 4.78 is 30.8. The zero-order valence-corrected chi connectivity index (χ0v) is 19.2. The Kier molecular flexibility index (Phi) is 7.04. The van der Waals surface area contributed by atoms with E-state index >= 15 is 8.78 Å². The first-order chi connectivity index (χ1) is 16.2. The van der Waals surface area contributed by atoms with Gasteiger partial charge >= 0.3 is 0 Å². The molecule has 0 radical (unpaired) electrons. The topological polar surface area (TPSA) is 112 Å². The van der Waals surface area contributed by atoms with Crippen LogP contribution in [-0.2, 0) is 11.2 Å². The monoisotopic (exact) mass is 472 g/mol. The van der Waals surface area contributed by atoms with Crippen molar-refractivity contribution in [1.82, 2.24) is 20.6 Å². The number of benzene rings is 1. The molecule has 0 amide bonds. The number of alkyl halides is 2. The number of Topliss-reactive ketones (excluding diaryl/α,β-unsaturated/α-hetero) is 1. The SMILES string of the molecule is Cc1cccc([C@@H](C)[C@H](O)/C=C/[C@@H]2[C@@H]3[C@H](C[C@H]2O)C(=O)/C(=C/CCCc2nnn[nH]2)C3(F)F)c1. The fourth-order valence-electron chi connectivity index (χ4n) is 5.22. The zero-order chi connectivity index (χ0) is 24.5. The average Bonchev–Trinajstić information content (AvgIpc) is 3.47. The second kappa shape index (κ2) is 9.84. The minimum atomic E-state index is -3.34. The molecule has 2 saturated carbocycles. The van der Waals surface area contributed by atoms with Crippen molar-refractivity contribution >= 4 is 5.78 Å². The predicted molar refractivity (Wildman–Crippen MR) is 121 cm³/mol. The summed E-state index contributed by atoms with van der Waals surface area (Å²) in [4.78, 5) is 12.8. The highest BCUT2D eigenvalue weighted by Gasteiger charge is 2.65. The standard InChI is InChI=1S/C25H30F2N4O3/c1-14-6-5-7-16(12-14)15(2)20(32)11-10-17-21(33)13-18-23(17)25(26,27)19(24(18)34)8-3-4-9-22-28-30-31-29-22/h5-8,10-12,15,17-18,20-21,23,32-33H,3-4,9,13H2,1-2H3,(H,28,29,30,31)/b11-10+,19-8-/t15-,17+,18+,20-,21-,23-/m1/s1. The molecule has 34 heavy (non-hydrogen) atoms. The van der Waals surface area contributed by atoms with Crippen LogP contribution in [0.25, 0.3) is 0 Å². The Hall–Kier alpha value is -2.78. The Bertz CT molecular complexity index is 1070. The minimum absolute atomic E-state index is 0.00129. The van der Waals surface area contributed by atoms with E-state index in [0.29, 0.717) is 25.1 Å². The molecule has 182 valence electrons. The number of aliphatic hydroxyl groups is 2. The molecule has 6 atom stereocenters. The van der Waals surface area contributed by atoms with Gasteiger partial charge in [0.15, 0.2) is 5.78 Å². The second-order valence-electron chi connectivity index (χ2n) is 9.44. The normalized spacial score (nSPS) is 29.1. The maximum atomic E-state index is 15.4. The first-order valence-electron chi connectivity index (χ1n) is 11.7. The van der Waals surface area contributed by atoms with E-state index in [4.69, 9.17) is 0 Å². The zero-order valence-electron chi connectivity index (χ0n) is 19.2. The van der Waals surface area contributed by atoms with E-state index in [0.717, 1.165) is 11.1 Å². The van der Waals surface area contributed by atoms with Crippen molar-refractivity contribution in [1.29, 1.82) is 0 Å². The maximum absolute atomic E-state index is 15.4. The lowest BCUT2D eigenvalue weighted by atomic mass is 9.86. The molecule has 1 aromatic carbocycles. The Morgan fingerprint density at radius 2 is 2.15 bits per heavy atom. The Morgan fingerprint density at radius 3 is 2.85 bits per heavy atom. The molecular formula is C25H30F2N4O3. The fraction of sp³-hybridized carbons (Fsp3) is 0.520. The highest BCUT2D eigenvalue weighted by atomic mass is 19.3. The third kappa shape index (κ3) is 4.72. The molecule has 0 saturated heterocycles. The van der Waals surface area contributed by atoms with Gasteiger partial charge in [-0.15, -0.1) is 5.10 Å². The molecule has 9 heteroatoms. The predicted octanol–water partition coefficient (Wildman–Crippen LogP) is 3.31. The van der Waals surface area contributed by atoms with Gasteiger partial charge in [0, 0.05) is 30.1 Å². The molecular weight excluding hydrogens is 442 g/mol. The summed E-state index contributed by atoms with van der Waals surface area (Å²) in [5, 5.41) is 34.5. The Morgan fingerprint density at radius 1 is 1.35 bits per heavy atom. The van der Waals surface area contributed by atoms with Crippen molar-refractivity contribution in [3.05, 3.63) is 65.0 Å². The molecule has 0 unspecified atom stereocenters. The van der Waals surface area contributed by atoms with Crippen molar-refractivity contribution in [2.45, 2.75) is 63.6 Å². The van der Waals surface area contributed by atoms with Crippen molar-refractivity contribution in [3.8, 4) is 0 Å². The Balaban J connectivity index is 1.46. The van der Waals surface area contributed by atoms with Gasteiger partial charge < -0.3 is 10.2 Å². The van der Waals surface area contributed by atoms with Crippen LogP contribution >= 0.6 is 0 Å². The number of allylic oxidation sites excluding steroid dienone is 2. The largest absolute Gasteiger partial charge is 0.392 e. The number of unbranched alkanes of at least 4 members (excludes halogenated alkanes) is 1. The Labute approximate surface area is 197 Å². The number of aromatic amines is 1. The number of tetrazole rings is 1. The lowest BCUT2D eigenvalue weighted by molar-refractivity contribution is -0.118. The number of nitrogens with zero attached hydrogens (tertiary/aromatic N) is 3. The number of rotatable bonds is 8. The summed E-state index contributed by atoms with van der Waals surface area (Å²) >= 11 is 0. The van der Waals surface area contributed by atoms with E-state index in [9.17, 15) is 15.0 Å². The van der Waals surface area contributed by atoms with Crippen LogP contribution in [-0.4, -0.2) is 54.8 Å². The number of fused-ring (bicyclic) bond motifs is 1. The molecule has 2 fully saturated rings. The van der Waals surface area contributed by atoms with Crippen molar-refractivity contribution in [2.75, 3.05) is 0 Å². The van der Waals surface area contributed by atoms with Gasteiger partial charge in [-0.1, -0.05) is 55.0 Å². The first-order valence-corrected chi connectivity index (χ1v) is 11.7. The van der Waals surface area contributed by atoms with Crippen LogP contribution in [0.15, 0.2) is 48.1 Å². The van der Waals surface area contributed by atoms with Gasteiger partial charge in [0.1, 0.15) is 5.82 Å². The second-order valence-corrected chi connectivity index (χ2v) is 9.44. The molecule has 4 rings (SSSR count). The quantitative estimate of drug-likeness (QED) is 0.309. The fourth-order valence-corrected chi connectivity index (χ4v) is 5.22. The van der Waals surface area contributed by atoms with Gasteiger partial charge in [0.05, 0.1) is 17.8 Å². The van der Waals surface area contributed by atoms with Crippen LogP contribution in [0.5, 0.6) is 0 Å². The van der Waals surface area contributed by atoms with E-state index < -0.39 is 47.2 Å². The summed E-state index contributed by atoms with van der Waals surface area (Å²) in [7, 11) is 0.